The van der Waals surface area contributed by atoms with E-state index in [2.05, 4.69) is 19.9 Å². The molecule has 2 aromatic heterocycles. The van der Waals surface area contributed by atoms with Gasteiger partial charge in [0, 0.05) is 5.56 Å². The van der Waals surface area contributed by atoms with Crippen LogP contribution in [0.1, 0.15) is 22.5 Å². The highest BCUT2D eigenvalue weighted by Crippen LogP contribution is 2.27. The first kappa shape index (κ1) is 16.2. The van der Waals surface area contributed by atoms with Gasteiger partial charge in [0.25, 0.3) is 5.89 Å². The minimum atomic E-state index is -0.481. The molecule has 1 aliphatic heterocycles. The van der Waals surface area contributed by atoms with Crippen LogP contribution < -0.4 is 5.63 Å². The number of ketones is 1. The average Bonchev–Trinajstić information content (AvgIpc) is 2.74. The number of para-hydroxylation sites is 2. The highest BCUT2D eigenvalue weighted by molar-refractivity contribution is 6.20. The van der Waals surface area contributed by atoms with E-state index in [0.29, 0.717) is 39.3 Å². The molecule has 0 N–H and O–H groups in total. The fraction of sp³-hybridized carbons (Fsp3) is 0.0476. The number of Topliss-reactive ketones (excluding diaryl/α,β-unsaturated/α-hetero) is 1. The number of hydrogen-bond acceptors (Lipinski definition) is 7. The van der Waals surface area contributed by atoms with E-state index in [9.17, 15) is 9.59 Å². The zero-order chi connectivity index (χ0) is 19.1. The van der Waals surface area contributed by atoms with Crippen LogP contribution in [0.2, 0.25) is 0 Å². The maximum Gasteiger partial charge on any atom is 0.347 e. The van der Waals surface area contributed by atoms with Crippen molar-refractivity contribution >= 4 is 28.1 Å². The monoisotopic (exact) mass is 368 g/mol. The van der Waals surface area contributed by atoms with Gasteiger partial charge >= 0.3 is 5.63 Å². The van der Waals surface area contributed by atoms with E-state index in [1.54, 1.807) is 36.4 Å². The van der Waals surface area contributed by atoms with Crippen molar-refractivity contribution in [3.63, 3.8) is 0 Å². The Bertz CT molecular complexity index is 1320. The van der Waals surface area contributed by atoms with E-state index < -0.39 is 5.63 Å². The number of carbonyl (C=O) groups excluding carboxylic acids is 1. The number of aromatic nitrogens is 3. The van der Waals surface area contributed by atoms with Crippen LogP contribution in [0.5, 0.6) is 0 Å². The van der Waals surface area contributed by atoms with Gasteiger partial charge < -0.3 is 4.42 Å². The standard InChI is InChI=1S/C21H12N4O3/c26-19-9-16(24-14-7-3-1-5-12(14)19)17-10-23-18(11-22-17)20-25-15-8-4-2-6-13(15)21(27)28-20/h1-8,10-11H,9H2. The summed E-state index contributed by atoms with van der Waals surface area (Å²) in [5.74, 6) is 0.0865. The van der Waals surface area contributed by atoms with Gasteiger partial charge in [-0.25, -0.2) is 19.8 Å². The van der Waals surface area contributed by atoms with Gasteiger partial charge in [0.15, 0.2) is 5.78 Å². The Hall–Kier alpha value is -4.00. The van der Waals surface area contributed by atoms with E-state index in [-0.39, 0.29) is 18.1 Å². The summed E-state index contributed by atoms with van der Waals surface area (Å²) in [6.07, 6.45) is 3.13. The Morgan fingerprint density at radius 2 is 1.61 bits per heavy atom. The second-order valence-electron chi connectivity index (χ2n) is 6.29. The normalized spacial score (nSPS) is 13.3. The fourth-order valence-corrected chi connectivity index (χ4v) is 3.10. The van der Waals surface area contributed by atoms with Crippen molar-refractivity contribution in [2.45, 2.75) is 6.42 Å². The van der Waals surface area contributed by atoms with Crippen LogP contribution >= 0.6 is 0 Å². The molecule has 0 unspecified atom stereocenters. The summed E-state index contributed by atoms with van der Waals surface area (Å²) in [5, 5.41) is 0.407. The van der Waals surface area contributed by atoms with Crippen LogP contribution in [0.3, 0.4) is 0 Å². The average molecular weight is 368 g/mol. The molecule has 0 bridgehead atoms. The van der Waals surface area contributed by atoms with E-state index >= 15 is 0 Å². The number of nitrogens with zero attached hydrogens (tertiary/aromatic N) is 4. The Balaban J connectivity index is 1.53. The molecule has 0 aliphatic carbocycles. The number of benzene rings is 2. The number of carbonyl (C=O) groups is 1. The lowest BCUT2D eigenvalue weighted by Crippen LogP contribution is -2.15. The lowest BCUT2D eigenvalue weighted by molar-refractivity contribution is 0.1000. The van der Waals surface area contributed by atoms with Gasteiger partial charge in [-0.15, -0.1) is 0 Å². The predicted octanol–water partition coefficient (Wildman–Crippen LogP) is 3.35. The predicted molar refractivity (Wildman–Crippen MR) is 103 cm³/mol. The van der Waals surface area contributed by atoms with Gasteiger partial charge in [-0.2, -0.15) is 0 Å². The molecule has 0 spiro atoms. The third-order valence-corrected chi connectivity index (χ3v) is 4.49. The number of hydrogen-bond donors (Lipinski definition) is 0. The zero-order valence-electron chi connectivity index (χ0n) is 14.5. The second-order valence-corrected chi connectivity index (χ2v) is 6.29. The minimum Gasteiger partial charge on any atom is -0.401 e. The summed E-state index contributed by atoms with van der Waals surface area (Å²) in [6.45, 7) is 0. The summed E-state index contributed by atoms with van der Waals surface area (Å²) in [6, 6.07) is 14.1. The van der Waals surface area contributed by atoms with Gasteiger partial charge in [0.2, 0.25) is 0 Å². The fourth-order valence-electron chi connectivity index (χ4n) is 3.10. The molecule has 0 amide bonds. The van der Waals surface area contributed by atoms with Crippen LogP contribution in [0.15, 0.2) is 75.1 Å². The Morgan fingerprint density at radius 3 is 2.46 bits per heavy atom. The summed E-state index contributed by atoms with van der Waals surface area (Å²) in [7, 11) is 0. The van der Waals surface area contributed by atoms with Gasteiger partial charge in [-0.05, 0) is 24.3 Å². The Kier molecular flexibility index (Phi) is 3.65. The molecule has 0 saturated heterocycles. The lowest BCUT2D eigenvalue weighted by atomic mass is 9.99. The van der Waals surface area contributed by atoms with Crippen LogP contribution in [0, 0.1) is 0 Å². The van der Waals surface area contributed by atoms with Crippen molar-refractivity contribution in [3.05, 3.63) is 82.6 Å². The van der Waals surface area contributed by atoms with Crippen LogP contribution in [-0.4, -0.2) is 26.4 Å². The van der Waals surface area contributed by atoms with Gasteiger partial charge in [0.1, 0.15) is 11.4 Å². The molecular formula is C21H12N4O3. The number of aliphatic imine (C=N–C) groups is 1. The van der Waals surface area contributed by atoms with Crippen molar-refractivity contribution in [2.75, 3.05) is 0 Å². The molecule has 5 rings (SSSR count). The molecule has 0 atom stereocenters. The van der Waals surface area contributed by atoms with Crippen molar-refractivity contribution in [1.82, 2.24) is 15.0 Å². The molecule has 0 fully saturated rings. The summed E-state index contributed by atoms with van der Waals surface area (Å²) in [4.78, 5) is 42.0. The number of fused-ring (bicyclic) bond motifs is 2. The third-order valence-electron chi connectivity index (χ3n) is 4.49. The molecule has 7 nitrogen and oxygen atoms in total. The molecule has 0 radical (unpaired) electrons. The zero-order valence-corrected chi connectivity index (χ0v) is 14.5. The van der Waals surface area contributed by atoms with Gasteiger partial charge in [0.05, 0.1) is 41.1 Å². The van der Waals surface area contributed by atoms with Crippen molar-refractivity contribution < 1.29 is 9.21 Å². The van der Waals surface area contributed by atoms with Crippen LogP contribution in [0.4, 0.5) is 5.69 Å². The smallest absolute Gasteiger partial charge is 0.347 e. The SMILES string of the molecule is O=C1CC(c2cnc(-c3nc4ccccc4c(=O)o3)cn2)=Nc2ccccc21. The Morgan fingerprint density at radius 1 is 0.857 bits per heavy atom. The van der Waals surface area contributed by atoms with E-state index in [4.69, 9.17) is 4.42 Å². The third kappa shape index (κ3) is 2.69. The minimum absolute atomic E-state index is 0.00586. The summed E-state index contributed by atoms with van der Waals surface area (Å²) < 4.78 is 5.27. The van der Waals surface area contributed by atoms with Crippen molar-refractivity contribution in [3.8, 4) is 11.6 Å². The van der Waals surface area contributed by atoms with Crippen molar-refractivity contribution in [2.24, 2.45) is 4.99 Å². The second kappa shape index (κ2) is 6.31. The topological polar surface area (TPSA) is 98.3 Å². The van der Waals surface area contributed by atoms with Gasteiger partial charge in [-0.3, -0.25) is 9.78 Å². The molecule has 0 saturated carbocycles. The molecule has 2 aromatic carbocycles. The maximum absolute atomic E-state index is 12.3. The maximum atomic E-state index is 12.3. The molecule has 28 heavy (non-hydrogen) atoms. The molecular weight excluding hydrogens is 356 g/mol. The van der Waals surface area contributed by atoms with E-state index in [0.717, 1.165) is 0 Å². The molecule has 4 aromatic rings. The largest absolute Gasteiger partial charge is 0.401 e. The summed E-state index contributed by atoms with van der Waals surface area (Å²) in [5.41, 5.74) is 2.66. The highest BCUT2D eigenvalue weighted by atomic mass is 16.4. The Labute approximate surface area is 158 Å². The molecule has 3 heterocycles. The van der Waals surface area contributed by atoms with Crippen LogP contribution in [0.25, 0.3) is 22.5 Å². The number of rotatable bonds is 2. The molecule has 1 aliphatic rings. The lowest BCUT2D eigenvalue weighted by Gasteiger charge is -2.13. The van der Waals surface area contributed by atoms with E-state index in [1.165, 1.54) is 12.4 Å². The van der Waals surface area contributed by atoms with Crippen molar-refractivity contribution in [1.29, 1.82) is 0 Å². The first-order valence-corrected chi connectivity index (χ1v) is 8.61. The van der Waals surface area contributed by atoms with Gasteiger partial charge in [-0.1, -0.05) is 24.3 Å². The summed E-state index contributed by atoms with van der Waals surface area (Å²) >= 11 is 0. The quantitative estimate of drug-likeness (QED) is 0.538. The highest BCUT2D eigenvalue weighted by Gasteiger charge is 2.21. The van der Waals surface area contributed by atoms with E-state index in [1.807, 2.05) is 12.1 Å². The van der Waals surface area contributed by atoms with Crippen LogP contribution in [-0.2, 0) is 0 Å². The molecule has 7 heteroatoms. The molecule has 134 valence electrons. The first-order chi connectivity index (χ1) is 13.7. The first-order valence-electron chi connectivity index (χ1n) is 8.61.